The molecule has 0 unspecified atom stereocenters. The fourth-order valence-electron chi connectivity index (χ4n) is 2.81. The second-order valence-electron chi connectivity index (χ2n) is 6.76. The van der Waals surface area contributed by atoms with Crippen molar-refractivity contribution in [2.75, 3.05) is 0 Å². The topological polar surface area (TPSA) is 58.2 Å². The molecule has 2 amide bonds. The molecule has 1 aromatic rings. The van der Waals surface area contributed by atoms with Gasteiger partial charge in [0.15, 0.2) is 0 Å². The van der Waals surface area contributed by atoms with Crippen molar-refractivity contribution in [1.29, 1.82) is 0 Å². The van der Waals surface area contributed by atoms with Crippen LogP contribution < -0.4 is 10.6 Å². The van der Waals surface area contributed by atoms with Crippen molar-refractivity contribution in [2.45, 2.75) is 64.5 Å². The zero-order chi connectivity index (χ0) is 16.2. The molecule has 1 aliphatic rings. The van der Waals surface area contributed by atoms with Crippen LogP contribution in [0.4, 0.5) is 0 Å². The smallest absolute Gasteiger partial charge is 0.252 e. The van der Waals surface area contributed by atoms with Gasteiger partial charge in [0.2, 0.25) is 5.91 Å². The molecule has 0 spiro atoms. The first-order valence-electron chi connectivity index (χ1n) is 8.08. The van der Waals surface area contributed by atoms with Crippen LogP contribution in [0, 0.1) is 6.92 Å². The summed E-state index contributed by atoms with van der Waals surface area (Å²) in [5, 5.41) is 5.91. The van der Waals surface area contributed by atoms with Crippen LogP contribution in [0.25, 0.3) is 0 Å². The van der Waals surface area contributed by atoms with Crippen LogP contribution in [-0.4, -0.2) is 23.4 Å². The number of nitrogens with one attached hydrogen (secondary N) is 2. The Labute approximate surface area is 132 Å². The second-order valence-corrected chi connectivity index (χ2v) is 6.76. The molecule has 120 valence electrons. The van der Waals surface area contributed by atoms with Gasteiger partial charge in [0, 0.05) is 11.6 Å². The number of benzene rings is 1. The van der Waals surface area contributed by atoms with Gasteiger partial charge in [0.1, 0.15) is 5.54 Å². The number of carbonyl (C=O) groups is 2. The van der Waals surface area contributed by atoms with Crippen molar-refractivity contribution in [3.05, 3.63) is 35.4 Å². The molecule has 1 aliphatic carbocycles. The third-order valence-corrected chi connectivity index (χ3v) is 4.21. The van der Waals surface area contributed by atoms with E-state index in [0.29, 0.717) is 5.56 Å². The largest absolute Gasteiger partial charge is 0.351 e. The molecule has 1 fully saturated rings. The summed E-state index contributed by atoms with van der Waals surface area (Å²) >= 11 is 0. The van der Waals surface area contributed by atoms with Crippen molar-refractivity contribution in [1.82, 2.24) is 10.6 Å². The summed E-state index contributed by atoms with van der Waals surface area (Å²) < 4.78 is 0. The first-order valence-corrected chi connectivity index (χ1v) is 8.08. The van der Waals surface area contributed by atoms with E-state index in [0.717, 1.165) is 18.4 Å². The lowest BCUT2D eigenvalue weighted by Crippen LogP contribution is -2.56. The van der Waals surface area contributed by atoms with E-state index in [1.807, 2.05) is 25.1 Å². The molecule has 4 nitrogen and oxygen atoms in total. The highest BCUT2D eigenvalue weighted by molar-refractivity contribution is 5.99. The Hall–Kier alpha value is -1.84. The zero-order valence-corrected chi connectivity index (χ0v) is 13.7. The highest BCUT2D eigenvalue weighted by atomic mass is 16.2. The molecular formula is C18H26N2O2. The van der Waals surface area contributed by atoms with Gasteiger partial charge in [-0.15, -0.1) is 0 Å². The van der Waals surface area contributed by atoms with Gasteiger partial charge < -0.3 is 10.6 Å². The zero-order valence-electron chi connectivity index (χ0n) is 13.7. The number of rotatable bonds is 4. The van der Waals surface area contributed by atoms with E-state index in [2.05, 4.69) is 10.6 Å². The van der Waals surface area contributed by atoms with Gasteiger partial charge in [0.25, 0.3) is 5.91 Å². The summed E-state index contributed by atoms with van der Waals surface area (Å²) in [5.74, 6) is -0.326. The van der Waals surface area contributed by atoms with Crippen molar-refractivity contribution >= 4 is 11.8 Å². The summed E-state index contributed by atoms with van der Waals surface area (Å²) in [6.07, 6.45) is 5.66. The van der Waals surface area contributed by atoms with Crippen molar-refractivity contribution in [3.8, 4) is 0 Å². The fraction of sp³-hybridized carbons (Fsp3) is 0.556. The molecule has 1 saturated carbocycles. The minimum Gasteiger partial charge on any atom is -0.351 e. The minimum absolute atomic E-state index is 0.111. The summed E-state index contributed by atoms with van der Waals surface area (Å²) in [4.78, 5) is 24.8. The number of aryl methyl sites for hydroxylation is 1. The molecule has 0 bridgehead atoms. The molecule has 0 aromatic heterocycles. The standard InChI is InChI=1S/C18H26N2O2/c1-13-8-7-9-14(12-13)16(21)20-18(2,3)17(22)19-15-10-5-4-6-11-15/h7-9,12,15H,4-6,10-11H2,1-3H3,(H,19,22)(H,20,21). The predicted octanol–water partition coefficient (Wildman–Crippen LogP) is 2.95. The summed E-state index contributed by atoms with van der Waals surface area (Å²) in [6, 6.07) is 7.62. The van der Waals surface area contributed by atoms with E-state index in [1.165, 1.54) is 19.3 Å². The molecule has 0 saturated heterocycles. The number of amides is 2. The van der Waals surface area contributed by atoms with Crippen molar-refractivity contribution < 1.29 is 9.59 Å². The van der Waals surface area contributed by atoms with Gasteiger partial charge in [-0.3, -0.25) is 9.59 Å². The molecule has 0 aliphatic heterocycles. The molecule has 1 aromatic carbocycles. The van der Waals surface area contributed by atoms with Gasteiger partial charge in [-0.2, -0.15) is 0 Å². The normalized spacial score (nSPS) is 16.1. The van der Waals surface area contributed by atoms with E-state index < -0.39 is 5.54 Å². The van der Waals surface area contributed by atoms with E-state index >= 15 is 0 Å². The van der Waals surface area contributed by atoms with E-state index in [4.69, 9.17) is 0 Å². The van der Waals surface area contributed by atoms with Crippen molar-refractivity contribution in [2.24, 2.45) is 0 Å². The average molecular weight is 302 g/mol. The quantitative estimate of drug-likeness (QED) is 0.898. The van der Waals surface area contributed by atoms with Crippen LogP contribution >= 0.6 is 0 Å². The highest BCUT2D eigenvalue weighted by Crippen LogP contribution is 2.18. The summed E-state index contributed by atoms with van der Waals surface area (Å²) in [5.41, 5.74) is 0.689. The summed E-state index contributed by atoms with van der Waals surface area (Å²) in [7, 11) is 0. The van der Waals surface area contributed by atoms with Crippen molar-refractivity contribution in [3.63, 3.8) is 0 Å². The van der Waals surface area contributed by atoms with Gasteiger partial charge in [-0.25, -0.2) is 0 Å². The van der Waals surface area contributed by atoms with Crippen LogP contribution in [0.2, 0.25) is 0 Å². The van der Waals surface area contributed by atoms with Crippen LogP contribution in [-0.2, 0) is 4.79 Å². The minimum atomic E-state index is -0.918. The van der Waals surface area contributed by atoms with E-state index in [1.54, 1.807) is 19.9 Å². The Morgan fingerprint density at radius 2 is 1.82 bits per heavy atom. The third kappa shape index (κ3) is 4.33. The second kappa shape index (κ2) is 6.95. The van der Waals surface area contributed by atoms with E-state index in [-0.39, 0.29) is 17.9 Å². The lowest BCUT2D eigenvalue weighted by molar-refractivity contribution is -0.127. The van der Waals surface area contributed by atoms with Crippen LogP contribution in [0.3, 0.4) is 0 Å². The molecule has 0 atom stereocenters. The maximum absolute atomic E-state index is 12.4. The van der Waals surface area contributed by atoms with Gasteiger partial charge in [-0.1, -0.05) is 37.0 Å². The lowest BCUT2D eigenvalue weighted by atomic mass is 9.94. The molecule has 0 radical (unpaired) electrons. The Bertz CT molecular complexity index is 546. The fourth-order valence-corrected chi connectivity index (χ4v) is 2.81. The molecule has 2 rings (SSSR count). The van der Waals surface area contributed by atoms with Crippen LogP contribution in [0.15, 0.2) is 24.3 Å². The maximum atomic E-state index is 12.4. The Kier molecular flexibility index (Phi) is 5.22. The first-order chi connectivity index (χ1) is 10.4. The first kappa shape index (κ1) is 16.5. The van der Waals surface area contributed by atoms with Crippen LogP contribution in [0.1, 0.15) is 61.9 Å². The van der Waals surface area contributed by atoms with Crippen LogP contribution in [0.5, 0.6) is 0 Å². The average Bonchev–Trinajstić information content (AvgIpc) is 2.47. The monoisotopic (exact) mass is 302 g/mol. The highest BCUT2D eigenvalue weighted by Gasteiger charge is 2.31. The lowest BCUT2D eigenvalue weighted by Gasteiger charge is -2.30. The molecule has 2 N–H and O–H groups in total. The number of hydrogen-bond acceptors (Lipinski definition) is 2. The van der Waals surface area contributed by atoms with Gasteiger partial charge in [-0.05, 0) is 45.7 Å². The van der Waals surface area contributed by atoms with E-state index in [9.17, 15) is 9.59 Å². The van der Waals surface area contributed by atoms with Gasteiger partial charge >= 0.3 is 0 Å². The predicted molar refractivity (Wildman–Crippen MR) is 87.7 cm³/mol. The third-order valence-electron chi connectivity index (χ3n) is 4.21. The summed E-state index contributed by atoms with van der Waals surface area (Å²) in [6.45, 7) is 5.44. The number of hydrogen-bond donors (Lipinski definition) is 2. The Morgan fingerprint density at radius 1 is 1.14 bits per heavy atom. The molecule has 0 heterocycles. The van der Waals surface area contributed by atoms with Gasteiger partial charge in [0.05, 0.1) is 0 Å². The molecule has 22 heavy (non-hydrogen) atoms. The Balaban J connectivity index is 1.96. The molecular weight excluding hydrogens is 276 g/mol. The maximum Gasteiger partial charge on any atom is 0.252 e. The molecule has 4 heteroatoms. The number of carbonyl (C=O) groups excluding carboxylic acids is 2. The Morgan fingerprint density at radius 3 is 2.45 bits per heavy atom. The SMILES string of the molecule is Cc1cccc(C(=O)NC(C)(C)C(=O)NC2CCCCC2)c1.